The molecule has 2 N–H and O–H groups in total. The summed E-state index contributed by atoms with van der Waals surface area (Å²) < 4.78 is 0. The minimum atomic E-state index is -0.934. The molecule has 0 aromatic rings. The van der Waals surface area contributed by atoms with Crippen LogP contribution in [0.25, 0.3) is 0 Å². The molecule has 4 heteroatoms. The summed E-state index contributed by atoms with van der Waals surface area (Å²) in [5, 5.41) is 11.7. The number of amides is 1. The second-order valence-corrected chi connectivity index (χ2v) is 5.12. The van der Waals surface area contributed by atoms with Gasteiger partial charge >= 0.3 is 5.97 Å². The molecule has 0 aliphatic heterocycles. The fourth-order valence-corrected chi connectivity index (χ4v) is 2.37. The number of nitrogens with one attached hydrogen (secondary N) is 1. The van der Waals surface area contributed by atoms with Gasteiger partial charge < -0.3 is 10.4 Å². The third-order valence-electron chi connectivity index (χ3n) is 4.00. The molecule has 2 aliphatic rings. The lowest BCUT2D eigenvalue weighted by atomic mass is 9.76. The highest BCUT2D eigenvalue weighted by atomic mass is 16.4. The van der Waals surface area contributed by atoms with Crippen molar-refractivity contribution in [2.24, 2.45) is 5.92 Å². The van der Waals surface area contributed by atoms with Gasteiger partial charge in [0.25, 0.3) is 0 Å². The van der Waals surface area contributed by atoms with Crippen molar-refractivity contribution in [3.8, 4) is 0 Å². The van der Waals surface area contributed by atoms with E-state index in [2.05, 4.69) is 5.32 Å². The highest BCUT2D eigenvalue weighted by molar-refractivity contribution is 5.87. The molecule has 2 fully saturated rings. The van der Waals surface area contributed by atoms with Gasteiger partial charge in [-0.2, -0.15) is 0 Å². The quantitative estimate of drug-likeness (QED) is 0.748. The highest BCUT2D eigenvalue weighted by Crippen LogP contribution is 2.33. The van der Waals surface area contributed by atoms with E-state index in [1.54, 1.807) is 0 Å². The molecule has 2 saturated carbocycles. The third-order valence-corrected chi connectivity index (χ3v) is 4.00. The lowest BCUT2D eigenvalue weighted by Gasteiger charge is -2.38. The summed E-state index contributed by atoms with van der Waals surface area (Å²) in [4.78, 5) is 22.7. The maximum atomic E-state index is 11.6. The molecule has 0 aromatic heterocycles. The summed E-state index contributed by atoms with van der Waals surface area (Å²) in [5.74, 6) is -0.266. The first-order chi connectivity index (χ1) is 7.62. The Balaban J connectivity index is 1.74. The van der Waals surface area contributed by atoms with Gasteiger partial charge in [-0.05, 0) is 31.6 Å². The Morgan fingerprint density at radius 3 is 2.31 bits per heavy atom. The van der Waals surface area contributed by atoms with E-state index < -0.39 is 11.5 Å². The summed E-state index contributed by atoms with van der Waals surface area (Å²) in [7, 11) is 0. The Kier molecular flexibility index (Phi) is 3.17. The van der Waals surface area contributed by atoms with E-state index in [0.29, 0.717) is 25.2 Å². The number of carboxylic acids is 1. The predicted molar refractivity (Wildman–Crippen MR) is 58.9 cm³/mol. The highest BCUT2D eigenvalue weighted by Gasteiger charge is 2.45. The van der Waals surface area contributed by atoms with Crippen LogP contribution in [0.1, 0.15) is 51.4 Å². The fourth-order valence-electron chi connectivity index (χ4n) is 2.37. The van der Waals surface area contributed by atoms with Gasteiger partial charge in [-0.3, -0.25) is 4.79 Å². The molecule has 0 bridgehead atoms. The average Bonchev–Trinajstić information content (AvgIpc) is 2.08. The van der Waals surface area contributed by atoms with Crippen LogP contribution in [0.2, 0.25) is 0 Å². The predicted octanol–water partition coefficient (Wildman–Crippen LogP) is 1.69. The molecule has 0 heterocycles. The molecule has 0 saturated heterocycles. The number of rotatable bonds is 5. The van der Waals surface area contributed by atoms with Crippen molar-refractivity contribution < 1.29 is 14.7 Å². The molecule has 1 amide bonds. The SMILES string of the molecule is O=C(CCC1CCC1)NC1(C(=O)O)CCC1. The van der Waals surface area contributed by atoms with Crippen molar-refractivity contribution in [2.45, 2.75) is 56.9 Å². The molecule has 0 spiro atoms. The standard InChI is InChI=1S/C12H19NO3/c14-10(6-5-9-3-1-4-9)13-12(11(15)16)7-2-8-12/h9H,1-8H2,(H,13,14)(H,15,16). The monoisotopic (exact) mass is 225 g/mol. The van der Waals surface area contributed by atoms with E-state index in [1.165, 1.54) is 19.3 Å². The molecule has 0 radical (unpaired) electrons. The van der Waals surface area contributed by atoms with E-state index in [4.69, 9.17) is 5.11 Å². The first-order valence-electron chi connectivity index (χ1n) is 6.17. The van der Waals surface area contributed by atoms with Crippen LogP contribution in [0.3, 0.4) is 0 Å². The smallest absolute Gasteiger partial charge is 0.329 e. The molecule has 2 aliphatic carbocycles. The van der Waals surface area contributed by atoms with Gasteiger partial charge in [-0.1, -0.05) is 19.3 Å². The van der Waals surface area contributed by atoms with Crippen LogP contribution < -0.4 is 5.32 Å². The normalized spacial score (nSPS) is 23.0. The first-order valence-corrected chi connectivity index (χ1v) is 6.17. The molecular weight excluding hydrogens is 206 g/mol. The van der Waals surface area contributed by atoms with E-state index in [1.807, 2.05) is 0 Å². The molecule has 0 aromatic carbocycles. The Bertz CT molecular complexity index is 293. The maximum Gasteiger partial charge on any atom is 0.329 e. The zero-order valence-electron chi connectivity index (χ0n) is 9.50. The molecule has 90 valence electrons. The molecule has 0 unspecified atom stereocenters. The summed E-state index contributed by atoms with van der Waals surface area (Å²) in [6.45, 7) is 0. The second-order valence-electron chi connectivity index (χ2n) is 5.12. The fraction of sp³-hybridized carbons (Fsp3) is 0.833. The van der Waals surface area contributed by atoms with Crippen LogP contribution in [-0.2, 0) is 9.59 Å². The van der Waals surface area contributed by atoms with Gasteiger partial charge in [-0.15, -0.1) is 0 Å². The van der Waals surface area contributed by atoms with Gasteiger partial charge in [0.2, 0.25) is 5.91 Å². The number of carboxylic acid groups (broad SMARTS) is 1. The Morgan fingerprint density at radius 1 is 1.25 bits per heavy atom. The average molecular weight is 225 g/mol. The summed E-state index contributed by atoms with van der Waals surface area (Å²) in [6.07, 6.45) is 7.21. The van der Waals surface area contributed by atoms with Crippen molar-refractivity contribution in [2.75, 3.05) is 0 Å². The molecule has 2 rings (SSSR count). The largest absolute Gasteiger partial charge is 0.480 e. The van der Waals surface area contributed by atoms with Gasteiger partial charge in [0.1, 0.15) is 5.54 Å². The van der Waals surface area contributed by atoms with E-state index in [0.717, 1.165) is 12.8 Å². The van der Waals surface area contributed by atoms with Crippen molar-refractivity contribution in [3.63, 3.8) is 0 Å². The lowest BCUT2D eigenvalue weighted by Crippen LogP contribution is -2.59. The van der Waals surface area contributed by atoms with Gasteiger partial charge in [0, 0.05) is 6.42 Å². The molecule has 4 nitrogen and oxygen atoms in total. The number of carbonyl (C=O) groups is 2. The number of carbonyl (C=O) groups excluding carboxylic acids is 1. The van der Waals surface area contributed by atoms with Crippen molar-refractivity contribution in [1.29, 1.82) is 0 Å². The van der Waals surface area contributed by atoms with Crippen LogP contribution in [0.5, 0.6) is 0 Å². The number of aliphatic carboxylic acids is 1. The van der Waals surface area contributed by atoms with Crippen molar-refractivity contribution in [1.82, 2.24) is 5.32 Å². The molecule has 16 heavy (non-hydrogen) atoms. The summed E-state index contributed by atoms with van der Waals surface area (Å²) >= 11 is 0. The van der Waals surface area contributed by atoms with Gasteiger partial charge in [0.05, 0.1) is 0 Å². The number of hydrogen-bond acceptors (Lipinski definition) is 2. The van der Waals surface area contributed by atoms with Crippen molar-refractivity contribution in [3.05, 3.63) is 0 Å². The van der Waals surface area contributed by atoms with Crippen LogP contribution in [0.15, 0.2) is 0 Å². The lowest BCUT2D eigenvalue weighted by molar-refractivity contribution is -0.151. The second kappa shape index (κ2) is 4.44. The topological polar surface area (TPSA) is 66.4 Å². The Hall–Kier alpha value is -1.06. The zero-order chi connectivity index (χ0) is 11.6. The van der Waals surface area contributed by atoms with Crippen molar-refractivity contribution >= 4 is 11.9 Å². The van der Waals surface area contributed by atoms with Gasteiger partial charge in [0.15, 0.2) is 0 Å². The maximum absolute atomic E-state index is 11.6. The molecular formula is C12H19NO3. The van der Waals surface area contributed by atoms with E-state index >= 15 is 0 Å². The van der Waals surface area contributed by atoms with Gasteiger partial charge in [-0.25, -0.2) is 4.79 Å². The summed E-state index contributed by atoms with van der Waals surface area (Å²) in [6, 6.07) is 0. The van der Waals surface area contributed by atoms with Crippen LogP contribution >= 0.6 is 0 Å². The minimum Gasteiger partial charge on any atom is -0.480 e. The van der Waals surface area contributed by atoms with E-state index in [-0.39, 0.29) is 5.91 Å². The minimum absolute atomic E-state index is 0.0889. The third kappa shape index (κ3) is 2.20. The Labute approximate surface area is 95.4 Å². The number of hydrogen-bond donors (Lipinski definition) is 2. The first kappa shape index (κ1) is 11.4. The van der Waals surface area contributed by atoms with Crippen LogP contribution in [-0.4, -0.2) is 22.5 Å². The summed E-state index contributed by atoms with van der Waals surface area (Å²) in [5.41, 5.74) is -0.934. The van der Waals surface area contributed by atoms with Crippen LogP contribution in [0, 0.1) is 5.92 Å². The van der Waals surface area contributed by atoms with E-state index in [9.17, 15) is 9.59 Å². The Morgan fingerprint density at radius 2 is 1.94 bits per heavy atom. The molecule has 0 atom stereocenters. The van der Waals surface area contributed by atoms with Crippen LogP contribution in [0.4, 0.5) is 0 Å². The zero-order valence-corrected chi connectivity index (χ0v) is 9.50.